The van der Waals surface area contributed by atoms with Gasteiger partial charge in [-0.05, 0) is 65.8 Å². The average molecular weight is 334 g/mol. The molecule has 1 aromatic carbocycles. The largest absolute Gasteiger partial charge is 0.348 e. The van der Waals surface area contributed by atoms with Crippen LogP contribution < -0.4 is 10.6 Å². The number of amides is 2. The third kappa shape index (κ3) is 8.08. The maximum atomic E-state index is 12.3. The van der Waals surface area contributed by atoms with Crippen molar-refractivity contribution >= 4 is 17.5 Å². The molecule has 0 aliphatic carbocycles. The second kappa shape index (κ2) is 10.1. The second-order valence-corrected chi connectivity index (χ2v) is 6.56. The summed E-state index contributed by atoms with van der Waals surface area (Å²) in [5.74, 6) is -0.281. The van der Waals surface area contributed by atoms with Gasteiger partial charge in [-0.15, -0.1) is 0 Å². The van der Waals surface area contributed by atoms with Crippen molar-refractivity contribution in [1.82, 2.24) is 15.1 Å². The summed E-state index contributed by atoms with van der Waals surface area (Å²) in [6.45, 7) is 6.29. The van der Waals surface area contributed by atoms with Gasteiger partial charge in [-0.2, -0.15) is 0 Å². The number of nitrogens with one attached hydrogen (secondary N) is 2. The maximum Gasteiger partial charge on any atom is 0.251 e. The highest BCUT2D eigenvalue weighted by Crippen LogP contribution is 2.10. The molecule has 0 aromatic heterocycles. The van der Waals surface area contributed by atoms with E-state index in [1.165, 1.54) is 6.92 Å². The van der Waals surface area contributed by atoms with Gasteiger partial charge in [0, 0.05) is 30.8 Å². The first-order valence-corrected chi connectivity index (χ1v) is 8.29. The molecule has 0 bridgehead atoms. The minimum absolute atomic E-state index is 0.0475. The minimum atomic E-state index is -0.153. The van der Waals surface area contributed by atoms with Gasteiger partial charge in [-0.1, -0.05) is 6.07 Å². The van der Waals surface area contributed by atoms with E-state index in [1.54, 1.807) is 24.3 Å². The number of benzene rings is 1. The second-order valence-electron chi connectivity index (χ2n) is 6.56. The first kappa shape index (κ1) is 20.1. The molecule has 24 heavy (non-hydrogen) atoms. The number of rotatable bonds is 9. The molecule has 0 aliphatic rings. The summed E-state index contributed by atoms with van der Waals surface area (Å²) in [5.41, 5.74) is 1.17. The zero-order chi connectivity index (χ0) is 18.1. The molecule has 1 rings (SSSR count). The summed E-state index contributed by atoms with van der Waals surface area (Å²) in [4.78, 5) is 27.8. The Bertz CT molecular complexity index is 546. The van der Waals surface area contributed by atoms with Crippen molar-refractivity contribution in [1.29, 1.82) is 0 Å². The molecule has 2 amide bonds. The number of hydrogen-bond acceptors (Lipinski definition) is 4. The van der Waals surface area contributed by atoms with Crippen molar-refractivity contribution in [2.24, 2.45) is 0 Å². The number of carbonyl (C=O) groups is 2. The van der Waals surface area contributed by atoms with E-state index in [-0.39, 0.29) is 17.9 Å². The molecular formula is C18H30N4O2. The van der Waals surface area contributed by atoms with Gasteiger partial charge in [-0.25, -0.2) is 0 Å². The van der Waals surface area contributed by atoms with Crippen LogP contribution >= 0.6 is 0 Å². The SMILES string of the molecule is CC(=O)Nc1cccc(C(=O)N[C@@H](C)CN(C)CCCN(C)C)c1. The van der Waals surface area contributed by atoms with Crippen molar-refractivity contribution in [2.75, 3.05) is 46.1 Å². The highest BCUT2D eigenvalue weighted by molar-refractivity contribution is 5.96. The number of anilines is 1. The summed E-state index contributed by atoms with van der Waals surface area (Å²) in [7, 11) is 6.20. The fourth-order valence-corrected chi connectivity index (χ4v) is 2.51. The molecule has 0 spiro atoms. The van der Waals surface area contributed by atoms with E-state index in [0.717, 1.165) is 26.1 Å². The van der Waals surface area contributed by atoms with Gasteiger partial charge in [0.25, 0.3) is 5.91 Å². The lowest BCUT2D eigenvalue weighted by Crippen LogP contribution is -2.41. The van der Waals surface area contributed by atoms with Crippen LogP contribution in [-0.4, -0.2) is 68.4 Å². The van der Waals surface area contributed by atoms with Crippen LogP contribution in [0.25, 0.3) is 0 Å². The smallest absolute Gasteiger partial charge is 0.251 e. The first-order valence-electron chi connectivity index (χ1n) is 8.29. The Balaban J connectivity index is 2.47. The average Bonchev–Trinajstić information content (AvgIpc) is 2.46. The lowest BCUT2D eigenvalue weighted by molar-refractivity contribution is -0.114. The Morgan fingerprint density at radius 2 is 1.88 bits per heavy atom. The molecule has 6 nitrogen and oxygen atoms in total. The fourth-order valence-electron chi connectivity index (χ4n) is 2.51. The van der Waals surface area contributed by atoms with Crippen LogP contribution in [0.15, 0.2) is 24.3 Å². The quantitative estimate of drug-likeness (QED) is 0.721. The van der Waals surface area contributed by atoms with Gasteiger partial charge in [0.05, 0.1) is 0 Å². The Morgan fingerprint density at radius 1 is 1.17 bits per heavy atom. The van der Waals surface area contributed by atoms with Crippen molar-refractivity contribution in [3.05, 3.63) is 29.8 Å². The van der Waals surface area contributed by atoms with Crippen LogP contribution in [-0.2, 0) is 4.79 Å². The van der Waals surface area contributed by atoms with Gasteiger partial charge >= 0.3 is 0 Å². The number of likely N-dealkylation sites (N-methyl/N-ethyl adjacent to an activating group) is 1. The van der Waals surface area contributed by atoms with E-state index in [2.05, 4.69) is 41.6 Å². The Hall–Kier alpha value is -1.92. The van der Waals surface area contributed by atoms with Crippen LogP contribution in [0.4, 0.5) is 5.69 Å². The molecule has 0 aliphatic heterocycles. The summed E-state index contributed by atoms with van der Waals surface area (Å²) < 4.78 is 0. The van der Waals surface area contributed by atoms with Crippen molar-refractivity contribution in [2.45, 2.75) is 26.3 Å². The maximum absolute atomic E-state index is 12.3. The highest BCUT2D eigenvalue weighted by Gasteiger charge is 2.12. The molecule has 1 aromatic rings. The van der Waals surface area contributed by atoms with Gasteiger partial charge in [0.2, 0.25) is 5.91 Å². The Morgan fingerprint density at radius 3 is 2.50 bits per heavy atom. The van der Waals surface area contributed by atoms with E-state index < -0.39 is 0 Å². The monoisotopic (exact) mass is 334 g/mol. The highest BCUT2D eigenvalue weighted by atomic mass is 16.2. The molecule has 0 radical (unpaired) electrons. The van der Waals surface area contributed by atoms with E-state index in [4.69, 9.17) is 0 Å². The van der Waals surface area contributed by atoms with E-state index >= 15 is 0 Å². The first-order chi connectivity index (χ1) is 11.3. The van der Waals surface area contributed by atoms with E-state index in [9.17, 15) is 9.59 Å². The van der Waals surface area contributed by atoms with Crippen LogP contribution in [0.3, 0.4) is 0 Å². The van der Waals surface area contributed by atoms with Crippen LogP contribution in [0, 0.1) is 0 Å². The summed E-state index contributed by atoms with van der Waals surface area (Å²) in [6, 6.07) is 7.00. The van der Waals surface area contributed by atoms with Crippen molar-refractivity contribution in [3.8, 4) is 0 Å². The third-order valence-electron chi connectivity index (χ3n) is 3.55. The summed E-state index contributed by atoms with van der Waals surface area (Å²) in [5, 5.41) is 5.69. The molecule has 0 unspecified atom stereocenters. The molecular weight excluding hydrogens is 304 g/mol. The molecule has 0 heterocycles. The Labute approximate surface area is 145 Å². The molecule has 0 fully saturated rings. The summed E-state index contributed by atoms with van der Waals surface area (Å²) in [6.07, 6.45) is 1.10. The minimum Gasteiger partial charge on any atom is -0.348 e. The number of carbonyl (C=O) groups excluding carboxylic acids is 2. The molecule has 2 N–H and O–H groups in total. The zero-order valence-electron chi connectivity index (χ0n) is 15.4. The predicted octanol–water partition coefficient (Wildman–Crippen LogP) is 1.65. The fraction of sp³-hybridized carbons (Fsp3) is 0.556. The van der Waals surface area contributed by atoms with Gasteiger partial charge in [-0.3, -0.25) is 9.59 Å². The number of hydrogen-bond donors (Lipinski definition) is 2. The standard InChI is InChI=1S/C18H30N4O2/c1-14(13-22(5)11-7-10-21(3)4)19-18(24)16-8-6-9-17(12-16)20-15(2)23/h6,8-9,12,14H,7,10-11,13H2,1-5H3,(H,19,24)(H,20,23)/t14-/m0/s1. The van der Waals surface area contributed by atoms with E-state index in [1.807, 2.05) is 6.92 Å². The van der Waals surface area contributed by atoms with Gasteiger partial charge in [0.1, 0.15) is 0 Å². The van der Waals surface area contributed by atoms with Crippen molar-refractivity contribution in [3.63, 3.8) is 0 Å². The molecule has 6 heteroatoms. The van der Waals surface area contributed by atoms with Crippen LogP contribution in [0.2, 0.25) is 0 Å². The molecule has 134 valence electrons. The molecule has 1 atom stereocenters. The van der Waals surface area contributed by atoms with Gasteiger partial charge < -0.3 is 20.4 Å². The lowest BCUT2D eigenvalue weighted by atomic mass is 10.1. The Kier molecular flexibility index (Phi) is 8.43. The normalized spacial score (nSPS) is 12.3. The van der Waals surface area contributed by atoms with E-state index in [0.29, 0.717) is 11.3 Å². The number of nitrogens with zero attached hydrogens (tertiary/aromatic N) is 2. The topological polar surface area (TPSA) is 64.7 Å². The van der Waals surface area contributed by atoms with Crippen LogP contribution in [0.5, 0.6) is 0 Å². The molecule has 0 saturated carbocycles. The predicted molar refractivity (Wildman–Crippen MR) is 98.3 cm³/mol. The van der Waals surface area contributed by atoms with Crippen molar-refractivity contribution < 1.29 is 9.59 Å². The lowest BCUT2D eigenvalue weighted by Gasteiger charge is -2.23. The zero-order valence-corrected chi connectivity index (χ0v) is 15.4. The van der Waals surface area contributed by atoms with Gasteiger partial charge in [0.15, 0.2) is 0 Å². The molecule has 0 saturated heterocycles. The third-order valence-corrected chi connectivity index (χ3v) is 3.55. The van der Waals surface area contributed by atoms with Crippen LogP contribution in [0.1, 0.15) is 30.6 Å². The summed E-state index contributed by atoms with van der Waals surface area (Å²) >= 11 is 0.